The lowest BCUT2D eigenvalue weighted by molar-refractivity contribution is -0.140. The van der Waals surface area contributed by atoms with E-state index in [9.17, 15) is 17.4 Å². The molecule has 1 aromatic carbocycles. The van der Waals surface area contributed by atoms with Crippen LogP contribution in [0.1, 0.15) is 79.1 Å². The summed E-state index contributed by atoms with van der Waals surface area (Å²) in [6.07, 6.45) is 4.93. The average molecular weight is 608 g/mol. The van der Waals surface area contributed by atoms with Crippen molar-refractivity contribution in [1.82, 2.24) is 29.5 Å². The Morgan fingerprint density at radius 2 is 1.93 bits per heavy atom. The normalized spacial score (nSPS) is 21.7. The monoisotopic (exact) mass is 607 g/mol. The number of halogens is 3. The predicted octanol–water partition coefficient (Wildman–Crippen LogP) is 5.88. The van der Waals surface area contributed by atoms with Crippen molar-refractivity contribution in [2.24, 2.45) is 0 Å². The van der Waals surface area contributed by atoms with Crippen LogP contribution in [0.15, 0.2) is 36.9 Å². The number of aromatic nitrogens is 6. The van der Waals surface area contributed by atoms with E-state index in [4.69, 9.17) is 14.7 Å². The third-order valence-corrected chi connectivity index (χ3v) is 11.0. The largest absolute Gasteiger partial charge is 0.480 e. The van der Waals surface area contributed by atoms with Crippen molar-refractivity contribution in [1.29, 1.82) is 0 Å². The lowest BCUT2D eigenvalue weighted by Gasteiger charge is -2.19. The smallest absolute Gasteiger partial charge is 0.434 e. The number of benzene rings is 1. The summed E-state index contributed by atoms with van der Waals surface area (Å²) >= 11 is 0. The molecule has 3 aromatic heterocycles. The molecule has 4 aromatic rings. The van der Waals surface area contributed by atoms with Crippen LogP contribution in [0.3, 0.4) is 0 Å². The Morgan fingerprint density at radius 1 is 1.12 bits per heavy atom. The van der Waals surface area contributed by atoms with E-state index in [0.29, 0.717) is 59.8 Å². The Hall–Kier alpha value is -3.87. The molecule has 1 unspecified atom stereocenters. The van der Waals surface area contributed by atoms with Crippen LogP contribution in [0.4, 0.5) is 19.0 Å². The zero-order valence-electron chi connectivity index (χ0n) is 23.6. The maximum Gasteiger partial charge on any atom is 0.434 e. The fourth-order valence-electron chi connectivity index (χ4n) is 6.40. The minimum Gasteiger partial charge on any atom is -0.480 e. The van der Waals surface area contributed by atoms with Gasteiger partial charge in [0.25, 0.3) is 0 Å². The Bertz CT molecular complexity index is 1820. The highest BCUT2D eigenvalue weighted by Gasteiger charge is 2.59. The molecule has 13 heteroatoms. The van der Waals surface area contributed by atoms with E-state index in [1.165, 1.54) is 6.33 Å². The summed E-state index contributed by atoms with van der Waals surface area (Å²) in [6, 6.07) is 5.61. The molecular formula is C30H28F3N7O2S. The van der Waals surface area contributed by atoms with Gasteiger partial charge in [-0.2, -0.15) is 13.2 Å². The highest BCUT2D eigenvalue weighted by Crippen LogP contribution is 2.59. The quantitative estimate of drug-likeness (QED) is 0.279. The third kappa shape index (κ3) is 4.18. The van der Waals surface area contributed by atoms with Crippen molar-refractivity contribution in [2.75, 3.05) is 11.4 Å². The lowest BCUT2D eigenvalue weighted by Crippen LogP contribution is -2.25. The first-order valence-corrected chi connectivity index (χ1v) is 15.5. The molecule has 2 fully saturated rings. The van der Waals surface area contributed by atoms with Gasteiger partial charge in [-0.05, 0) is 56.6 Å². The van der Waals surface area contributed by atoms with E-state index >= 15 is 0 Å². The Morgan fingerprint density at radius 3 is 2.65 bits per heavy atom. The molecule has 0 amide bonds. The number of hydrogen-bond acceptors (Lipinski definition) is 7. The second kappa shape index (κ2) is 9.31. The van der Waals surface area contributed by atoms with Crippen LogP contribution >= 0.6 is 0 Å². The maximum atomic E-state index is 14.0. The first kappa shape index (κ1) is 26.7. The number of anilines is 1. The average Bonchev–Trinajstić information content (AvgIpc) is 3.93. The van der Waals surface area contributed by atoms with Gasteiger partial charge in [-0.15, -0.1) is 0 Å². The first-order chi connectivity index (χ1) is 20.7. The lowest BCUT2D eigenvalue weighted by atomic mass is 9.99. The molecule has 0 N–H and O–H groups in total. The number of hydrogen-bond donors (Lipinski definition) is 0. The molecule has 2 atom stereocenters. The number of nitrogens with zero attached hydrogens (tertiary/aromatic N) is 7. The van der Waals surface area contributed by atoms with Crippen LogP contribution in [-0.2, 0) is 34.9 Å². The third-order valence-electron chi connectivity index (χ3n) is 9.02. The van der Waals surface area contributed by atoms with Crippen molar-refractivity contribution < 1.29 is 22.1 Å². The predicted molar refractivity (Wildman–Crippen MR) is 153 cm³/mol. The van der Waals surface area contributed by atoms with Gasteiger partial charge < -0.3 is 9.30 Å². The molecule has 2 aliphatic heterocycles. The van der Waals surface area contributed by atoms with Gasteiger partial charge >= 0.3 is 6.18 Å². The second-order valence-electron chi connectivity index (χ2n) is 11.9. The number of aryl methyl sites for hydroxylation is 1. The summed E-state index contributed by atoms with van der Waals surface area (Å²) in [6.45, 7) is 2.25. The van der Waals surface area contributed by atoms with Crippen LogP contribution in [0.5, 0.6) is 5.88 Å². The van der Waals surface area contributed by atoms with Crippen molar-refractivity contribution in [3.05, 3.63) is 65.0 Å². The fourth-order valence-corrected chi connectivity index (χ4v) is 8.17. The summed E-state index contributed by atoms with van der Waals surface area (Å²) in [5.74, 6) is 2.13. The minimum absolute atomic E-state index is 0.128. The van der Waals surface area contributed by atoms with Crippen LogP contribution in [0.25, 0.3) is 22.8 Å². The standard InChI is InChI=1S/C30H28F3N7O2S/c1-16-3-5-19-11-17(4-8-20(19)26-37-22(14-39(16)26)30(31,32)33)13-40-27-21(29(9-10-29)43(40)41)12-34-25(38-27)23-24(18-6-7-18)35-15-36-28(23)42-2/h4,8,11-12,14-16,18H,3,5-7,9-10,13H2,1-2H3/t16-,43?/m1/s1. The zero-order valence-corrected chi connectivity index (χ0v) is 24.4. The highest BCUT2D eigenvalue weighted by molar-refractivity contribution is 7.88. The summed E-state index contributed by atoms with van der Waals surface area (Å²) in [4.78, 5) is 22.5. The molecule has 5 heterocycles. The number of methoxy groups -OCH3 is 1. The molecule has 0 bridgehead atoms. The summed E-state index contributed by atoms with van der Waals surface area (Å²) < 4.78 is 63.0. The molecule has 2 saturated carbocycles. The number of imidazole rings is 1. The van der Waals surface area contributed by atoms with E-state index in [2.05, 4.69) is 15.0 Å². The molecule has 1 spiro atoms. The fraction of sp³-hybridized carbons (Fsp3) is 0.433. The van der Waals surface area contributed by atoms with Crippen molar-refractivity contribution in [3.8, 4) is 28.7 Å². The van der Waals surface area contributed by atoms with Gasteiger partial charge in [-0.25, -0.2) is 29.1 Å². The number of rotatable bonds is 5. The van der Waals surface area contributed by atoms with Crippen molar-refractivity contribution in [2.45, 2.75) is 74.9 Å². The van der Waals surface area contributed by atoms with Gasteiger partial charge in [-0.1, -0.05) is 18.2 Å². The van der Waals surface area contributed by atoms with Gasteiger partial charge in [0.15, 0.2) is 11.5 Å². The molecular weight excluding hydrogens is 579 g/mol. The highest BCUT2D eigenvalue weighted by atomic mass is 32.2. The molecule has 43 heavy (non-hydrogen) atoms. The molecule has 9 nitrogen and oxygen atoms in total. The van der Waals surface area contributed by atoms with Crippen LogP contribution in [0, 0.1) is 0 Å². The van der Waals surface area contributed by atoms with Gasteiger partial charge in [0.2, 0.25) is 5.88 Å². The number of fused-ring (bicyclic) bond motifs is 5. The van der Waals surface area contributed by atoms with E-state index in [1.54, 1.807) is 17.9 Å². The van der Waals surface area contributed by atoms with E-state index in [0.717, 1.165) is 54.3 Å². The van der Waals surface area contributed by atoms with Gasteiger partial charge in [0, 0.05) is 35.5 Å². The summed E-state index contributed by atoms with van der Waals surface area (Å²) in [5.41, 5.74) is 4.06. The number of alkyl halides is 3. The van der Waals surface area contributed by atoms with E-state index < -0.39 is 27.6 Å². The van der Waals surface area contributed by atoms with E-state index in [1.807, 2.05) is 29.4 Å². The Balaban J connectivity index is 1.17. The molecule has 222 valence electrons. The molecule has 4 aliphatic rings. The zero-order chi connectivity index (χ0) is 29.7. The summed E-state index contributed by atoms with van der Waals surface area (Å²) in [7, 11) is 0.204. The van der Waals surface area contributed by atoms with Gasteiger partial charge in [-0.3, -0.25) is 4.31 Å². The SMILES string of the molecule is COc1ncnc(C2CC2)c1-c1ncc2c(n1)N(Cc1ccc3c(c1)CC[C@@H](C)n1cc(C(F)(F)F)nc1-3)S(=O)C21CC1. The molecule has 8 rings (SSSR count). The molecule has 0 radical (unpaired) electrons. The maximum absolute atomic E-state index is 14.0. The molecule has 0 saturated heterocycles. The van der Waals surface area contributed by atoms with Crippen molar-refractivity contribution in [3.63, 3.8) is 0 Å². The summed E-state index contributed by atoms with van der Waals surface area (Å²) in [5, 5.41) is 0. The van der Waals surface area contributed by atoms with Crippen LogP contribution in [-0.4, -0.2) is 40.8 Å². The van der Waals surface area contributed by atoms with Crippen molar-refractivity contribution >= 4 is 16.8 Å². The van der Waals surface area contributed by atoms with Gasteiger partial charge in [0.1, 0.15) is 34.5 Å². The van der Waals surface area contributed by atoms with Gasteiger partial charge in [0.05, 0.1) is 24.1 Å². The van der Waals surface area contributed by atoms with Crippen LogP contribution < -0.4 is 9.04 Å². The Kier molecular flexibility index (Phi) is 5.79. The first-order valence-electron chi connectivity index (χ1n) is 14.4. The Labute approximate surface area is 248 Å². The molecule has 2 aliphatic carbocycles. The number of ether oxygens (including phenoxy) is 1. The van der Waals surface area contributed by atoms with Crippen LogP contribution in [0.2, 0.25) is 0 Å². The topological polar surface area (TPSA) is 98.9 Å². The van der Waals surface area contributed by atoms with E-state index in [-0.39, 0.29) is 6.04 Å². The minimum atomic E-state index is -4.51. The second-order valence-corrected chi connectivity index (χ2v) is 13.6.